The molecule has 0 aliphatic heterocycles. The summed E-state index contributed by atoms with van der Waals surface area (Å²) in [5.41, 5.74) is 6.20. The van der Waals surface area contributed by atoms with Crippen LogP contribution < -0.4 is 21.7 Å². The highest BCUT2D eigenvalue weighted by Gasteiger charge is 2.29. The van der Waals surface area contributed by atoms with Crippen LogP contribution in [0.4, 0.5) is 0 Å². The molecule has 162 valence electrons. The molecule has 3 amide bonds. The van der Waals surface area contributed by atoms with Gasteiger partial charge in [0.15, 0.2) is 0 Å². The molecule has 0 spiro atoms. The lowest BCUT2D eigenvalue weighted by Gasteiger charge is -2.23. The molecular weight excluding hydrogens is 440 g/mol. The monoisotopic (exact) mass is 464 g/mol. The van der Waals surface area contributed by atoms with E-state index >= 15 is 0 Å². The van der Waals surface area contributed by atoms with Crippen LogP contribution in [0.1, 0.15) is 5.69 Å². The maximum atomic E-state index is 12.7. The van der Waals surface area contributed by atoms with Gasteiger partial charge in [-0.2, -0.15) is 37.9 Å². The lowest BCUT2D eigenvalue weighted by Crippen LogP contribution is -2.58. The van der Waals surface area contributed by atoms with Gasteiger partial charge < -0.3 is 31.8 Å². The fourth-order valence-electron chi connectivity index (χ4n) is 2.11. The third-order valence-corrected chi connectivity index (χ3v) is 4.88. The Morgan fingerprint density at radius 3 is 2.00 bits per heavy atom. The van der Waals surface area contributed by atoms with Gasteiger partial charge >= 0.3 is 5.97 Å². The first-order valence-electron chi connectivity index (χ1n) is 8.42. The number of carboxylic acids is 1. The van der Waals surface area contributed by atoms with Gasteiger partial charge in [-0.25, -0.2) is 9.78 Å². The maximum absolute atomic E-state index is 12.7. The van der Waals surface area contributed by atoms with Gasteiger partial charge in [0.25, 0.3) is 0 Å². The molecular formula is C15H24N6O5S3. The molecule has 0 aliphatic carbocycles. The Hall–Kier alpha value is -1.90. The molecule has 1 rings (SSSR count). The van der Waals surface area contributed by atoms with Crippen molar-refractivity contribution in [3.05, 3.63) is 18.2 Å². The van der Waals surface area contributed by atoms with Crippen LogP contribution in [0.3, 0.4) is 0 Å². The molecule has 4 atom stereocenters. The van der Waals surface area contributed by atoms with Gasteiger partial charge in [-0.1, -0.05) is 0 Å². The Kier molecular flexibility index (Phi) is 10.9. The number of imidazole rings is 1. The van der Waals surface area contributed by atoms with E-state index in [1.54, 1.807) is 0 Å². The van der Waals surface area contributed by atoms with Crippen LogP contribution in [0.2, 0.25) is 0 Å². The van der Waals surface area contributed by atoms with Gasteiger partial charge in [0.05, 0.1) is 12.4 Å². The number of rotatable bonds is 12. The zero-order valence-corrected chi connectivity index (χ0v) is 17.9. The van der Waals surface area contributed by atoms with E-state index in [2.05, 4.69) is 63.8 Å². The van der Waals surface area contributed by atoms with Crippen LogP contribution in [0, 0.1) is 0 Å². The zero-order chi connectivity index (χ0) is 22.0. The number of carbonyl (C=O) groups is 4. The number of carbonyl (C=O) groups excluding carboxylic acids is 3. The molecule has 1 aromatic heterocycles. The number of thiol groups is 3. The van der Waals surface area contributed by atoms with Crippen LogP contribution in [0.15, 0.2) is 12.5 Å². The predicted molar refractivity (Wildman–Crippen MR) is 115 cm³/mol. The number of nitrogens with two attached hydrogens (primary N) is 1. The first kappa shape index (κ1) is 25.1. The van der Waals surface area contributed by atoms with Crippen LogP contribution in [-0.4, -0.2) is 80.2 Å². The summed E-state index contributed by atoms with van der Waals surface area (Å²) in [6, 6.07) is -4.35. The van der Waals surface area contributed by atoms with E-state index < -0.39 is 47.9 Å². The summed E-state index contributed by atoms with van der Waals surface area (Å²) in [6.45, 7) is 0. The number of amides is 3. The molecule has 29 heavy (non-hydrogen) atoms. The molecule has 14 heteroatoms. The van der Waals surface area contributed by atoms with Gasteiger partial charge in [-0.3, -0.25) is 14.4 Å². The molecule has 0 fully saturated rings. The lowest BCUT2D eigenvalue weighted by atomic mass is 10.1. The smallest absolute Gasteiger partial charge is 0.327 e. The van der Waals surface area contributed by atoms with E-state index in [9.17, 15) is 19.2 Å². The van der Waals surface area contributed by atoms with Crippen LogP contribution in [-0.2, 0) is 25.6 Å². The summed E-state index contributed by atoms with van der Waals surface area (Å²) in [4.78, 5) is 54.8. The topological polar surface area (TPSA) is 179 Å². The summed E-state index contributed by atoms with van der Waals surface area (Å²) in [6.07, 6.45) is 2.96. The van der Waals surface area contributed by atoms with E-state index in [0.29, 0.717) is 5.69 Å². The van der Waals surface area contributed by atoms with Crippen molar-refractivity contribution in [3.63, 3.8) is 0 Å². The summed E-state index contributed by atoms with van der Waals surface area (Å²) in [7, 11) is 0. The molecule has 4 unspecified atom stereocenters. The number of aromatic nitrogens is 2. The maximum Gasteiger partial charge on any atom is 0.327 e. The standard InChI is InChI=1S/C15H24N6O5S3/c16-8(3-27)12(22)19-9(1-7-2-17-6-18-7)13(23)20-10(4-28)14(24)21-11(5-29)15(25)26/h2,6,8-11,27-29H,1,3-5,16H2,(H,17,18)(H,19,22)(H,20,23)(H,21,24)(H,25,26). The second-order valence-corrected chi connectivity index (χ2v) is 7.05. The van der Waals surface area contributed by atoms with Crippen LogP contribution >= 0.6 is 37.9 Å². The number of nitrogens with one attached hydrogen (secondary N) is 4. The molecule has 7 N–H and O–H groups in total. The van der Waals surface area contributed by atoms with Crippen LogP contribution in [0.5, 0.6) is 0 Å². The molecule has 0 saturated heterocycles. The first-order chi connectivity index (χ1) is 13.7. The number of hydrogen-bond acceptors (Lipinski definition) is 9. The van der Waals surface area contributed by atoms with Gasteiger partial charge in [-0.05, 0) is 0 Å². The molecule has 1 aromatic rings. The van der Waals surface area contributed by atoms with Gasteiger partial charge in [0.2, 0.25) is 17.7 Å². The summed E-state index contributed by atoms with van der Waals surface area (Å²) in [5.74, 6) is -3.42. The Morgan fingerprint density at radius 2 is 1.52 bits per heavy atom. The number of H-pyrrole nitrogens is 1. The Balaban J connectivity index is 2.88. The Bertz CT molecular complexity index is 705. The highest BCUT2D eigenvalue weighted by atomic mass is 32.1. The first-order valence-corrected chi connectivity index (χ1v) is 10.3. The average Bonchev–Trinajstić information content (AvgIpc) is 3.21. The summed E-state index contributed by atoms with van der Waals surface area (Å²) >= 11 is 11.9. The highest BCUT2D eigenvalue weighted by molar-refractivity contribution is 7.80. The van der Waals surface area contributed by atoms with Crippen molar-refractivity contribution >= 4 is 61.6 Å². The lowest BCUT2D eigenvalue weighted by molar-refractivity contribution is -0.141. The van der Waals surface area contributed by atoms with Crippen molar-refractivity contribution in [3.8, 4) is 0 Å². The second kappa shape index (κ2) is 12.6. The molecule has 0 aromatic carbocycles. The van der Waals surface area contributed by atoms with Crippen molar-refractivity contribution in [2.45, 2.75) is 30.6 Å². The zero-order valence-electron chi connectivity index (χ0n) is 15.2. The van der Waals surface area contributed by atoms with E-state index in [0.717, 1.165) is 0 Å². The molecule has 11 nitrogen and oxygen atoms in total. The van der Waals surface area contributed by atoms with E-state index in [4.69, 9.17) is 10.8 Å². The second-order valence-electron chi connectivity index (χ2n) is 5.96. The molecule has 1 heterocycles. The van der Waals surface area contributed by atoms with E-state index in [-0.39, 0.29) is 23.7 Å². The SMILES string of the molecule is NC(CS)C(=O)NC(Cc1cnc[nH]1)C(=O)NC(CS)C(=O)NC(CS)C(=O)O. The normalized spacial score (nSPS) is 14.9. The highest BCUT2D eigenvalue weighted by Crippen LogP contribution is 2.02. The quantitative estimate of drug-likeness (QED) is 0.155. The predicted octanol–water partition coefficient (Wildman–Crippen LogP) is -2.39. The summed E-state index contributed by atoms with van der Waals surface area (Å²) < 4.78 is 0. The van der Waals surface area contributed by atoms with Crippen molar-refractivity contribution in [1.29, 1.82) is 0 Å². The minimum Gasteiger partial charge on any atom is -0.480 e. The molecule has 0 saturated carbocycles. The van der Waals surface area contributed by atoms with E-state index in [1.807, 2.05) is 0 Å². The average molecular weight is 465 g/mol. The van der Waals surface area contributed by atoms with Crippen molar-refractivity contribution < 1.29 is 24.3 Å². The molecule has 0 aliphatic rings. The van der Waals surface area contributed by atoms with E-state index in [1.165, 1.54) is 12.5 Å². The molecule has 0 bridgehead atoms. The molecule has 0 radical (unpaired) electrons. The number of aliphatic carboxylic acids is 1. The minimum atomic E-state index is -1.26. The van der Waals surface area contributed by atoms with Gasteiger partial charge in [-0.15, -0.1) is 0 Å². The fourth-order valence-corrected chi connectivity index (χ4v) is 2.78. The number of aromatic amines is 1. The Labute approximate surface area is 183 Å². The van der Waals surface area contributed by atoms with Gasteiger partial charge in [0.1, 0.15) is 18.1 Å². The van der Waals surface area contributed by atoms with Crippen LogP contribution in [0.25, 0.3) is 0 Å². The van der Waals surface area contributed by atoms with Crippen molar-refractivity contribution in [2.75, 3.05) is 17.3 Å². The minimum absolute atomic E-state index is 0.0617. The third-order valence-electron chi connectivity index (χ3n) is 3.76. The number of hydrogen-bond donors (Lipinski definition) is 9. The number of nitrogens with zero attached hydrogens (tertiary/aromatic N) is 1. The summed E-state index contributed by atoms with van der Waals surface area (Å²) in [5, 5.41) is 16.2. The van der Waals surface area contributed by atoms with Crippen molar-refractivity contribution in [1.82, 2.24) is 25.9 Å². The third kappa shape index (κ3) is 8.16. The fraction of sp³-hybridized carbons (Fsp3) is 0.533. The van der Waals surface area contributed by atoms with Crippen molar-refractivity contribution in [2.24, 2.45) is 5.73 Å². The largest absolute Gasteiger partial charge is 0.480 e. The Morgan fingerprint density at radius 1 is 0.966 bits per heavy atom. The number of carboxylic acid groups (broad SMARTS) is 1. The van der Waals surface area contributed by atoms with Gasteiger partial charge in [0, 0.05) is 35.6 Å².